The molecule has 0 radical (unpaired) electrons. The van der Waals surface area contributed by atoms with Crippen molar-refractivity contribution >= 4 is 28.9 Å². The summed E-state index contributed by atoms with van der Waals surface area (Å²) < 4.78 is 5.29. The first-order valence-electron chi connectivity index (χ1n) is 6.22. The minimum Gasteiger partial charge on any atom is -0.478 e. The summed E-state index contributed by atoms with van der Waals surface area (Å²) in [6.07, 6.45) is 1.95. The molecule has 6 heteroatoms. The first kappa shape index (κ1) is 14.0. The molecule has 4 N–H and O–H groups in total. The molecule has 0 spiro atoms. The van der Waals surface area contributed by atoms with Crippen molar-refractivity contribution in [2.24, 2.45) is 5.92 Å². The Balaban J connectivity index is 2.12. The fourth-order valence-electron chi connectivity index (χ4n) is 2.17. The molecule has 1 aromatic rings. The van der Waals surface area contributed by atoms with Gasteiger partial charge >= 0.3 is 5.97 Å². The predicted octanol–water partition coefficient (Wildman–Crippen LogP) is 2.46. The van der Waals surface area contributed by atoms with Crippen LogP contribution in [-0.2, 0) is 4.74 Å². The van der Waals surface area contributed by atoms with Crippen LogP contribution in [0.25, 0.3) is 0 Å². The normalized spacial score (nSPS) is 16.3. The number of aromatic carboxylic acids is 1. The van der Waals surface area contributed by atoms with Crippen LogP contribution >= 0.6 is 11.6 Å². The number of anilines is 2. The second kappa shape index (κ2) is 6.12. The SMILES string of the molecule is Nc1cc(Cl)c(NCC2CCOCC2)c(C(=O)O)c1. The minimum atomic E-state index is -1.04. The zero-order valence-electron chi connectivity index (χ0n) is 10.5. The van der Waals surface area contributed by atoms with Gasteiger partial charge in [0.1, 0.15) is 0 Å². The Morgan fingerprint density at radius 2 is 2.16 bits per heavy atom. The number of nitrogen functional groups attached to an aromatic ring is 1. The lowest BCUT2D eigenvalue weighted by molar-refractivity contribution is 0.0689. The number of hydrogen-bond donors (Lipinski definition) is 3. The number of ether oxygens (including phenoxy) is 1. The molecule has 0 unspecified atom stereocenters. The molecule has 0 atom stereocenters. The van der Waals surface area contributed by atoms with Crippen LogP contribution in [0.1, 0.15) is 23.2 Å². The molecule has 1 heterocycles. The zero-order chi connectivity index (χ0) is 13.8. The predicted molar refractivity (Wildman–Crippen MR) is 74.9 cm³/mol. The Labute approximate surface area is 116 Å². The van der Waals surface area contributed by atoms with Crippen molar-refractivity contribution in [3.05, 3.63) is 22.7 Å². The molecular weight excluding hydrogens is 268 g/mol. The molecule has 2 rings (SSSR count). The smallest absolute Gasteiger partial charge is 0.337 e. The minimum absolute atomic E-state index is 0.108. The molecule has 0 saturated carbocycles. The van der Waals surface area contributed by atoms with Crippen LogP contribution in [0.2, 0.25) is 5.02 Å². The fraction of sp³-hybridized carbons (Fsp3) is 0.462. The van der Waals surface area contributed by atoms with Gasteiger partial charge in [0.2, 0.25) is 0 Å². The number of nitrogens with two attached hydrogens (primary N) is 1. The third kappa shape index (κ3) is 3.52. The van der Waals surface area contributed by atoms with E-state index in [1.165, 1.54) is 6.07 Å². The highest BCUT2D eigenvalue weighted by molar-refractivity contribution is 6.34. The summed E-state index contributed by atoms with van der Waals surface area (Å²) in [7, 11) is 0. The second-order valence-corrected chi connectivity index (χ2v) is 5.07. The summed E-state index contributed by atoms with van der Waals surface area (Å²) in [5, 5.41) is 12.7. The van der Waals surface area contributed by atoms with Gasteiger partial charge in [0, 0.05) is 25.4 Å². The first-order valence-corrected chi connectivity index (χ1v) is 6.59. The molecule has 1 fully saturated rings. The Kier molecular flexibility index (Phi) is 4.50. The van der Waals surface area contributed by atoms with Crippen LogP contribution in [0.3, 0.4) is 0 Å². The fourth-order valence-corrected chi connectivity index (χ4v) is 2.47. The lowest BCUT2D eigenvalue weighted by atomic mass is 10.00. The van der Waals surface area contributed by atoms with Gasteiger partial charge in [-0.3, -0.25) is 0 Å². The maximum Gasteiger partial charge on any atom is 0.337 e. The Morgan fingerprint density at radius 3 is 2.79 bits per heavy atom. The van der Waals surface area contributed by atoms with Gasteiger partial charge in [-0.15, -0.1) is 0 Å². The number of benzene rings is 1. The Bertz CT molecular complexity index is 473. The lowest BCUT2D eigenvalue weighted by Gasteiger charge is -2.23. The van der Waals surface area contributed by atoms with Crippen molar-refractivity contribution in [1.82, 2.24) is 0 Å². The van der Waals surface area contributed by atoms with E-state index in [4.69, 9.17) is 22.1 Å². The Hall–Kier alpha value is -1.46. The number of rotatable bonds is 4. The van der Waals surface area contributed by atoms with Crippen LogP contribution < -0.4 is 11.1 Å². The third-order valence-electron chi connectivity index (χ3n) is 3.25. The highest BCUT2D eigenvalue weighted by atomic mass is 35.5. The maximum absolute atomic E-state index is 11.2. The molecule has 0 aliphatic carbocycles. The first-order chi connectivity index (χ1) is 9.08. The number of halogens is 1. The van der Waals surface area contributed by atoms with Crippen molar-refractivity contribution in [1.29, 1.82) is 0 Å². The molecule has 104 valence electrons. The van der Waals surface area contributed by atoms with Gasteiger partial charge in [-0.25, -0.2) is 4.79 Å². The van der Waals surface area contributed by atoms with Gasteiger partial charge in [-0.2, -0.15) is 0 Å². The van der Waals surface area contributed by atoms with Crippen molar-refractivity contribution in [3.63, 3.8) is 0 Å². The van der Waals surface area contributed by atoms with E-state index in [9.17, 15) is 9.90 Å². The third-order valence-corrected chi connectivity index (χ3v) is 3.55. The van der Waals surface area contributed by atoms with Crippen LogP contribution in [0.4, 0.5) is 11.4 Å². The van der Waals surface area contributed by atoms with E-state index in [0.717, 1.165) is 26.1 Å². The van der Waals surface area contributed by atoms with Gasteiger partial charge in [0.05, 0.1) is 16.3 Å². The van der Waals surface area contributed by atoms with Crippen molar-refractivity contribution < 1.29 is 14.6 Å². The average molecular weight is 285 g/mol. The van der Waals surface area contributed by atoms with Crippen molar-refractivity contribution in [2.45, 2.75) is 12.8 Å². The molecular formula is C13H17ClN2O3. The van der Waals surface area contributed by atoms with Gasteiger partial charge in [-0.1, -0.05) is 11.6 Å². The van der Waals surface area contributed by atoms with Gasteiger partial charge in [0.15, 0.2) is 0 Å². The largest absolute Gasteiger partial charge is 0.478 e. The quantitative estimate of drug-likeness (QED) is 0.740. The van der Waals surface area contributed by atoms with E-state index in [-0.39, 0.29) is 5.56 Å². The molecule has 0 amide bonds. The molecule has 1 aliphatic heterocycles. The molecule has 1 aromatic carbocycles. The van der Waals surface area contributed by atoms with Gasteiger partial charge in [0.25, 0.3) is 0 Å². The summed E-state index contributed by atoms with van der Waals surface area (Å²) in [6.45, 7) is 2.20. The second-order valence-electron chi connectivity index (χ2n) is 4.67. The summed E-state index contributed by atoms with van der Waals surface area (Å²) in [5.41, 5.74) is 6.51. The van der Waals surface area contributed by atoms with Crippen LogP contribution in [0.5, 0.6) is 0 Å². The Morgan fingerprint density at radius 1 is 1.47 bits per heavy atom. The number of carboxylic acid groups (broad SMARTS) is 1. The molecule has 19 heavy (non-hydrogen) atoms. The summed E-state index contributed by atoms with van der Waals surface area (Å²) in [6, 6.07) is 2.97. The summed E-state index contributed by atoms with van der Waals surface area (Å²) in [4.78, 5) is 11.2. The van der Waals surface area contributed by atoms with Crippen molar-refractivity contribution in [2.75, 3.05) is 30.8 Å². The number of nitrogens with one attached hydrogen (secondary N) is 1. The number of carboxylic acids is 1. The summed E-state index contributed by atoms with van der Waals surface area (Å²) >= 11 is 6.07. The van der Waals surface area contributed by atoms with E-state index in [1.54, 1.807) is 6.07 Å². The van der Waals surface area contributed by atoms with E-state index in [0.29, 0.717) is 28.9 Å². The molecule has 0 bridgehead atoms. The number of hydrogen-bond acceptors (Lipinski definition) is 4. The maximum atomic E-state index is 11.2. The van der Waals surface area contributed by atoms with Gasteiger partial charge in [-0.05, 0) is 30.9 Å². The van der Waals surface area contributed by atoms with Crippen LogP contribution in [0.15, 0.2) is 12.1 Å². The van der Waals surface area contributed by atoms with Crippen LogP contribution in [0, 0.1) is 5.92 Å². The highest BCUT2D eigenvalue weighted by Crippen LogP contribution is 2.30. The van der Waals surface area contributed by atoms with Crippen LogP contribution in [-0.4, -0.2) is 30.8 Å². The topological polar surface area (TPSA) is 84.6 Å². The van der Waals surface area contributed by atoms with E-state index in [1.807, 2.05) is 0 Å². The molecule has 1 saturated heterocycles. The van der Waals surface area contributed by atoms with E-state index < -0.39 is 5.97 Å². The average Bonchev–Trinajstić information content (AvgIpc) is 2.38. The number of carbonyl (C=O) groups is 1. The van der Waals surface area contributed by atoms with Gasteiger partial charge < -0.3 is 20.9 Å². The zero-order valence-corrected chi connectivity index (χ0v) is 11.2. The standard InChI is InChI=1S/C13H17ClN2O3/c14-11-6-9(15)5-10(13(17)18)12(11)16-7-8-1-3-19-4-2-8/h5-6,8,16H,1-4,7,15H2,(H,17,18). The molecule has 0 aromatic heterocycles. The van der Waals surface area contributed by atoms with Crippen molar-refractivity contribution in [3.8, 4) is 0 Å². The molecule has 1 aliphatic rings. The highest BCUT2D eigenvalue weighted by Gasteiger charge is 2.18. The van der Waals surface area contributed by atoms with E-state index >= 15 is 0 Å². The monoisotopic (exact) mass is 284 g/mol. The molecule has 5 nitrogen and oxygen atoms in total. The van der Waals surface area contributed by atoms with E-state index in [2.05, 4.69) is 5.32 Å². The lowest BCUT2D eigenvalue weighted by Crippen LogP contribution is -2.23. The summed E-state index contributed by atoms with van der Waals surface area (Å²) in [5.74, 6) is -0.562.